The number of benzene rings is 2. The topological polar surface area (TPSA) is 67.4 Å². The van der Waals surface area contributed by atoms with Crippen molar-refractivity contribution in [3.8, 4) is 11.5 Å². The number of methoxy groups -OCH3 is 1. The average molecular weight is 354 g/mol. The molecule has 0 unspecified atom stereocenters. The van der Waals surface area contributed by atoms with Gasteiger partial charge < -0.3 is 14.6 Å². The van der Waals surface area contributed by atoms with Crippen molar-refractivity contribution in [2.75, 3.05) is 13.7 Å². The number of aromatic nitrogens is 2. The summed E-state index contributed by atoms with van der Waals surface area (Å²) < 4.78 is 11.2. The molecule has 0 fully saturated rings. The SMILES string of the molecule is COc1ccccc1CCCC[C@H](O)COc1cccc2n[nH]c(C)c12. The number of unbranched alkanes of at least 4 members (excludes halogenated alkanes) is 1. The molecule has 138 valence electrons. The number of fused-ring (bicyclic) bond motifs is 1. The van der Waals surface area contributed by atoms with E-state index in [0.717, 1.165) is 53.8 Å². The Morgan fingerprint density at radius 1 is 1.08 bits per heavy atom. The van der Waals surface area contributed by atoms with Crippen LogP contribution in [-0.4, -0.2) is 35.1 Å². The fourth-order valence-corrected chi connectivity index (χ4v) is 3.18. The third kappa shape index (κ3) is 4.35. The second-order valence-corrected chi connectivity index (χ2v) is 6.52. The van der Waals surface area contributed by atoms with E-state index in [4.69, 9.17) is 9.47 Å². The number of aliphatic hydroxyl groups is 1. The minimum atomic E-state index is -0.477. The van der Waals surface area contributed by atoms with Crippen molar-refractivity contribution >= 4 is 10.9 Å². The van der Waals surface area contributed by atoms with Gasteiger partial charge in [-0.3, -0.25) is 5.10 Å². The van der Waals surface area contributed by atoms with E-state index in [2.05, 4.69) is 16.3 Å². The number of rotatable bonds is 9. The Bertz CT molecular complexity index is 844. The summed E-state index contributed by atoms with van der Waals surface area (Å²) in [5.41, 5.74) is 3.07. The van der Waals surface area contributed by atoms with Crippen LogP contribution in [0.4, 0.5) is 0 Å². The first kappa shape index (κ1) is 18.3. The maximum absolute atomic E-state index is 10.2. The number of ether oxygens (including phenoxy) is 2. The molecule has 3 aromatic rings. The lowest BCUT2D eigenvalue weighted by Crippen LogP contribution is -2.17. The van der Waals surface area contributed by atoms with Crippen LogP contribution < -0.4 is 9.47 Å². The lowest BCUT2D eigenvalue weighted by Gasteiger charge is -2.13. The zero-order valence-electron chi connectivity index (χ0n) is 15.4. The summed E-state index contributed by atoms with van der Waals surface area (Å²) in [7, 11) is 1.70. The maximum atomic E-state index is 10.2. The Labute approximate surface area is 154 Å². The highest BCUT2D eigenvalue weighted by atomic mass is 16.5. The van der Waals surface area contributed by atoms with Gasteiger partial charge in [0.05, 0.1) is 24.1 Å². The largest absolute Gasteiger partial charge is 0.496 e. The van der Waals surface area contributed by atoms with Crippen LogP contribution in [0, 0.1) is 6.92 Å². The molecular weight excluding hydrogens is 328 g/mol. The average Bonchev–Trinajstić information content (AvgIpc) is 3.05. The lowest BCUT2D eigenvalue weighted by molar-refractivity contribution is 0.0984. The molecule has 0 spiro atoms. The molecule has 0 radical (unpaired) electrons. The van der Waals surface area contributed by atoms with Crippen molar-refractivity contribution < 1.29 is 14.6 Å². The van der Waals surface area contributed by atoms with Crippen molar-refractivity contribution in [1.82, 2.24) is 10.2 Å². The molecule has 0 aliphatic heterocycles. The molecule has 0 saturated heterocycles. The minimum Gasteiger partial charge on any atom is -0.496 e. The van der Waals surface area contributed by atoms with Crippen LogP contribution in [0.25, 0.3) is 10.9 Å². The van der Waals surface area contributed by atoms with Gasteiger partial charge >= 0.3 is 0 Å². The molecule has 2 aromatic carbocycles. The lowest BCUT2D eigenvalue weighted by atomic mass is 10.0. The molecular formula is C21H26N2O3. The third-order valence-corrected chi connectivity index (χ3v) is 4.58. The predicted molar refractivity (Wildman–Crippen MR) is 103 cm³/mol. The summed E-state index contributed by atoms with van der Waals surface area (Å²) in [5, 5.41) is 18.4. The fourth-order valence-electron chi connectivity index (χ4n) is 3.18. The standard InChI is InChI=1S/C21H26N2O3/c1-15-21-18(23-22-15)11-7-13-20(21)26-14-17(24)10-5-3-8-16-9-4-6-12-19(16)25-2/h4,6-7,9,11-13,17,24H,3,5,8,10,14H2,1-2H3,(H,22,23)/t17-/m0/s1. The smallest absolute Gasteiger partial charge is 0.130 e. The van der Waals surface area contributed by atoms with Crippen molar-refractivity contribution in [2.45, 2.75) is 38.7 Å². The quantitative estimate of drug-likeness (QED) is 0.569. The first-order chi connectivity index (χ1) is 12.7. The second kappa shape index (κ2) is 8.72. The molecule has 5 nitrogen and oxygen atoms in total. The van der Waals surface area contributed by atoms with E-state index in [1.165, 1.54) is 5.56 Å². The Hall–Kier alpha value is -2.53. The number of nitrogens with one attached hydrogen (secondary N) is 1. The van der Waals surface area contributed by atoms with E-state index in [1.807, 2.05) is 43.3 Å². The summed E-state index contributed by atoms with van der Waals surface area (Å²) >= 11 is 0. The van der Waals surface area contributed by atoms with E-state index < -0.39 is 6.10 Å². The van der Waals surface area contributed by atoms with E-state index >= 15 is 0 Å². The Balaban J connectivity index is 1.44. The van der Waals surface area contributed by atoms with Gasteiger partial charge in [0.1, 0.15) is 18.1 Å². The molecule has 0 saturated carbocycles. The van der Waals surface area contributed by atoms with Gasteiger partial charge in [-0.1, -0.05) is 30.7 Å². The van der Waals surface area contributed by atoms with Crippen molar-refractivity contribution in [2.24, 2.45) is 0 Å². The number of H-pyrrole nitrogens is 1. The highest BCUT2D eigenvalue weighted by Crippen LogP contribution is 2.27. The van der Waals surface area contributed by atoms with Crippen LogP contribution in [0.1, 0.15) is 30.5 Å². The molecule has 0 aliphatic carbocycles. The molecule has 3 rings (SSSR count). The Morgan fingerprint density at radius 3 is 2.73 bits per heavy atom. The van der Waals surface area contributed by atoms with Gasteiger partial charge in [-0.15, -0.1) is 0 Å². The number of hydrogen-bond donors (Lipinski definition) is 2. The minimum absolute atomic E-state index is 0.290. The molecule has 2 N–H and O–H groups in total. The molecule has 1 atom stereocenters. The van der Waals surface area contributed by atoms with E-state index in [0.29, 0.717) is 6.61 Å². The molecule has 1 heterocycles. The number of nitrogens with zero attached hydrogens (tertiary/aromatic N) is 1. The molecule has 5 heteroatoms. The highest BCUT2D eigenvalue weighted by Gasteiger charge is 2.11. The normalized spacial score (nSPS) is 12.3. The van der Waals surface area contributed by atoms with Crippen LogP contribution in [0.2, 0.25) is 0 Å². The van der Waals surface area contributed by atoms with Gasteiger partial charge in [0, 0.05) is 5.69 Å². The molecule has 0 bridgehead atoms. The van der Waals surface area contributed by atoms with Gasteiger partial charge in [0.15, 0.2) is 0 Å². The van der Waals surface area contributed by atoms with Crippen molar-refractivity contribution in [1.29, 1.82) is 0 Å². The monoisotopic (exact) mass is 354 g/mol. The summed E-state index contributed by atoms with van der Waals surface area (Å²) in [6.45, 7) is 2.26. The Morgan fingerprint density at radius 2 is 1.88 bits per heavy atom. The Kier molecular flexibility index (Phi) is 6.12. The molecule has 0 amide bonds. The summed E-state index contributed by atoms with van der Waals surface area (Å²) in [4.78, 5) is 0. The summed E-state index contributed by atoms with van der Waals surface area (Å²) in [5.74, 6) is 1.70. The van der Waals surface area contributed by atoms with Gasteiger partial charge in [0.25, 0.3) is 0 Å². The first-order valence-corrected chi connectivity index (χ1v) is 9.05. The first-order valence-electron chi connectivity index (χ1n) is 9.05. The van der Waals surface area contributed by atoms with Crippen LogP contribution in [0.3, 0.4) is 0 Å². The highest BCUT2D eigenvalue weighted by molar-refractivity contribution is 5.87. The van der Waals surface area contributed by atoms with Crippen LogP contribution in [0.5, 0.6) is 11.5 Å². The molecule has 0 aliphatic rings. The number of aliphatic hydroxyl groups excluding tert-OH is 1. The van der Waals surface area contributed by atoms with Crippen LogP contribution in [-0.2, 0) is 6.42 Å². The van der Waals surface area contributed by atoms with Gasteiger partial charge in [0.2, 0.25) is 0 Å². The van der Waals surface area contributed by atoms with E-state index in [1.54, 1.807) is 7.11 Å². The van der Waals surface area contributed by atoms with Crippen molar-refractivity contribution in [3.63, 3.8) is 0 Å². The van der Waals surface area contributed by atoms with Crippen molar-refractivity contribution in [3.05, 3.63) is 53.7 Å². The fraction of sp³-hybridized carbons (Fsp3) is 0.381. The number of aromatic amines is 1. The van der Waals surface area contributed by atoms with E-state index in [-0.39, 0.29) is 0 Å². The predicted octanol–water partition coefficient (Wildman–Crippen LogP) is 4.03. The molecule has 26 heavy (non-hydrogen) atoms. The summed E-state index contributed by atoms with van der Waals surface area (Å²) in [6.07, 6.45) is 3.14. The maximum Gasteiger partial charge on any atom is 0.130 e. The van der Waals surface area contributed by atoms with Gasteiger partial charge in [-0.25, -0.2) is 0 Å². The van der Waals surface area contributed by atoms with Crippen LogP contribution in [0.15, 0.2) is 42.5 Å². The number of para-hydroxylation sites is 1. The second-order valence-electron chi connectivity index (χ2n) is 6.52. The van der Waals surface area contributed by atoms with Crippen LogP contribution >= 0.6 is 0 Å². The summed E-state index contributed by atoms with van der Waals surface area (Å²) in [6, 6.07) is 13.9. The van der Waals surface area contributed by atoms with E-state index in [9.17, 15) is 5.11 Å². The van der Waals surface area contributed by atoms with Gasteiger partial charge in [-0.2, -0.15) is 5.10 Å². The van der Waals surface area contributed by atoms with Gasteiger partial charge in [-0.05, 0) is 49.9 Å². The zero-order chi connectivity index (χ0) is 18.4. The zero-order valence-corrected chi connectivity index (χ0v) is 15.4. The number of aryl methyl sites for hydroxylation is 2. The molecule has 1 aromatic heterocycles. The third-order valence-electron chi connectivity index (χ3n) is 4.58. The number of hydrogen-bond acceptors (Lipinski definition) is 4.